The van der Waals surface area contributed by atoms with E-state index in [0.29, 0.717) is 11.1 Å². The Labute approximate surface area is 129 Å². The molecule has 2 aromatic rings. The maximum Gasteiger partial charge on any atom is 0.331 e. The minimum atomic E-state index is -0.928. The first kappa shape index (κ1) is 15.6. The van der Waals surface area contributed by atoms with Crippen LogP contribution in [0, 0.1) is 12.8 Å². The number of carboxylic acid groups (broad SMARTS) is 1. The Hall–Kier alpha value is -1.74. The number of aromatic nitrogens is 1. The number of rotatable bonds is 4. The summed E-state index contributed by atoms with van der Waals surface area (Å²) in [6.45, 7) is 8.70. The Balaban J connectivity index is 2.74. The van der Waals surface area contributed by atoms with Crippen LogP contribution >= 0.6 is 11.6 Å². The molecule has 0 aliphatic rings. The molecule has 0 bridgehead atoms. The minimum absolute atomic E-state index is 0.279. The van der Waals surface area contributed by atoms with E-state index in [4.69, 9.17) is 16.7 Å². The lowest BCUT2D eigenvalue weighted by Crippen LogP contribution is -2.04. The number of halogens is 1. The highest BCUT2D eigenvalue weighted by atomic mass is 35.5. The SMILES string of the molecule is C/C(=C\c1c(Cl)n(CC(C)C)c2cc(C)ccc12)C(=O)O. The van der Waals surface area contributed by atoms with Gasteiger partial charge in [0.15, 0.2) is 0 Å². The van der Waals surface area contributed by atoms with E-state index in [2.05, 4.69) is 24.5 Å². The van der Waals surface area contributed by atoms with Gasteiger partial charge in [-0.3, -0.25) is 0 Å². The van der Waals surface area contributed by atoms with Crippen molar-refractivity contribution in [2.24, 2.45) is 5.92 Å². The summed E-state index contributed by atoms with van der Waals surface area (Å²) >= 11 is 6.52. The maximum absolute atomic E-state index is 11.1. The van der Waals surface area contributed by atoms with Crippen molar-refractivity contribution < 1.29 is 9.90 Å². The molecule has 112 valence electrons. The van der Waals surface area contributed by atoms with Crippen molar-refractivity contribution in [2.45, 2.75) is 34.2 Å². The molecule has 0 atom stereocenters. The lowest BCUT2D eigenvalue weighted by molar-refractivity contribution is -0.132. The number of hydrogen-bond donors (Lipinski definition) is 1. The third-order valence-electron chi connectivity index (χ3n) is 3.44. The highest BCUT2D eigenvalue weighted by Crippen LogP contribution is 2.33. The molecule has 1 aromatic heterocycles. The molecule has 1 aromatic carbocycles. The predicted octanol–water partition coefficient (Wildman–Crippen LogP) is 4.75. The molecule has 1 N–H and O–H groups in total. The van der Waals surface area contributed by atoms with Gasteiger partial charge in [0.2, 0.25) is 0 Å². The van der Waals surface area contributed by atoms with Crippen molar-refractivity contribution in [1.29, 1.82) is 0 Å². The molecule has 3 nitrogen and oxygen atoms in total. The summed E-state index contributed by atoms with van der Waals surface area (Å²) in [5, 5.41) is 10.7. The van der Waals surface area contributed by atoms with Gasteiger partial charge in [0.1, 0.15) is 5.15 Å². The van der Waals surface area contributed by atoms with Gasteiger partial charge in [0, 0.05) is 23.1 Å². The first-order chi connectivity index (χ1) is 9.81. The van der Waals surface area contributed by atoms with Gasteiger partial charge in [0.25, 0.3) is 0 Å². The number of nitrogens with zero attached hydrogens (tertiary/aromatic N) is 1. The summed E-state index contributed by atoms with van der Waals surface area (Å²) in [6, 6.07) is 6.12. The first-order valence-electron chi connectivity index (χ1n) is 7.01. The second-order valence-corrected chi connectivity index (χ2v) is 6.22. The number of carbonyl (C=O) groups is 1. The van der Waals surface area contributed by atoms with Crippen molar-refractivity contribution >= 4 is 34.5 Å². The Morgan fingerprint density at radius 2 is 2.10 bits per heavy atom. The van der Waals surface area contributed by atoms with Crippen molar-refractivity contribution in [1.82, 2.24) is 4.57 Å². The van der Waals surface area contributed by atoms with E-state index in [-0.39, 0.29) is 5.57 Å². The molecule has 0 saturated heterocycles. The molecule has 0 fully saturated rings. The Morgan fingerprint density at radius 3 is 2.67 bits per heavy atom. The van der Waals surface area contributed by atoms with Crippen molar-refractivity contribution in [3.63, 3.8) is 0 Å². The summed E-state index contributed by atoms with van der Waals surface area (Å²) in [5.41, 5.74) is 3.28. The van der Waals surface area contributed by atoms with Gasteiger partial charge in [-0.1, -0.05) is 37.6 Å². The third-order valence-corrected chi connectivity index (χ3v) is 3.85. The summed E-state index contributed by atoms with van der Waals surface area (Å²) < 4.78 is 2.06. The molecular formula is C17H20ClNO2. The average molecular weight is 306 g/mol. The lowest BCUT2D eigenvalue weighted by atomic mass is 10.1. The zero-order valence-electron chi connectivity index (χ0n) is 12.8. The van der Waals surface area contributed by atoms with E-state index in [1.165, 1.54) is 0 Å². The highest BCUT2D eigenvalue weighted by Gasteiger charge is 2.16. The van der Waals surface area contributed by atoms with Crippen LogP contribution in [0.5, 0.6) is 0 Å². The quantitative estimate of drug-likeness (QED) is 0.828. The van der Waals surface area contributed by atoms with E-state index in [9.17, 15) is 4.79 Å². The molecule has 21 heavy (non-hydrogen) atoms. The molecule has 0 spiro atoms. The molecule has 1 heterocycles. The molecule has 0 amide bonds. The monoisotopic (exact) mass is 305 g/mol. The predicted molar refractivity (Wildman–Crippen MR) is 87.8 cm³/mol. The van der Waals surface area contributed by atoms with Gasteiger partial charge in [-0.25, -0.2) is 4.79 Å². The largest absolute Gasteiger partial charge is 0.478 e. The molecular weight excluding hydrogens is 286 g/mol. The number of hydrogen-bond acceptors (Lipinski definition) is 1. The van der Waals surface area contributed by atoms with E-state index in [1.54, 1.807) is 13.0 Å². The zero-order chi connectivity index (χ0) is 15.7. The van der Waals surface area contributed by atoms with E-state index in [1.807, 2.05) is 19.1 Å². The van der Waals surface area contributed by atoms with Gasteiger partial charge >= 0.3 is 5.97 Å². The van der Waals surface area contributed by atoms with E-state index < -0.39 is 5.97 Å². The summed E-state index contributed by atoms with van der Waals surface area (Å²) in [7, 11) is 0. The average Bonchev–Trinajstić information content (AvgIpc) is 2.63. The van der Waals surface area contributed by atoms with Gasteiger partial charge in [-0.05, 0) is 37.5 Å². The van der Waals surface area contributed by atoms with Crippen molar-refractivity contribution in [3.05, 3.63) is 40.1 Å². The molecule has 2 rings (SSSR count). The van der Waals surface area contributed by atoms with Crippen LogP contribution in [0.15, 0.2) is 23.8 Å². The fourth-order valence-electron chi connectivity index (χ4n) is 2.41. The summed E-state index contributed by atoms with van der Waals surface area (Å²) in [4.78, 5) is 11.1. The number of aryl methyl sites for hydroxylation is 1. The summed E-state index contributed by atoms with van der Waals surface area (Å²) in [6.07, 6.45) is 1.65. The van der Waals surface area contributed by atoms with Crippen molar-refractivity contribution in [3.8, 4) is 0 Å². The Morgan fingerprint density at radius 1 is 1.43 bits per heavy atom. The van der Waals surface area contributed by atoms with E-state index in [0.717, 1.165) is 28.6 Å². The second kappa shape index (κ2) is 5.94. The smallest absolute Gasteiger partial charge is 0.331 e. The van der Waals surface area contributed by atoms with Crippen LogP contribution in [0.25, 0.3) is 17.0 Å². The fourth-order valence-corrected chi connectivity index (χ4v) is 2.73. The van der Waals surface area contributed by atoms with Crippen LogP contribution in [0.4, 0.5) is 0 Å². The van der Waals surface area contributed by atoms with Gasteiger partial charge in [-0.15, -0.1) is 0 Å². The number of benzene rings is 1. The standard InChI is InChI=1S/C17H20ClNO2/c1-10(2)9-19-15-7-11(3)5-6-13(15)14(16(19)18)8-12(4)17(20)21/h5-8,10H,9H2,1-4H3,(H,20,21)/b12-8+. The topological polar surface area (TPSA) is 42.2 Å². The van der Waals surface area contributed by atoms with Crippen molar-refractivity contribution in [2.75, 3.05) is 0 Å². The minimum Gasteiger partial charge on any atom is -0.478 e. The normalized spacial score (nSPS) is 12.4. The highest BCUT2D eigenvalue weighted by molar-refractivity contribution is 6.33. The van der Waals surface area contributed by atoms with Gasteiger partial charge in [-0.2, -0.15) is 0 Å². The molecule has 4 heteroatoms. The molecule has 0 aliphatic heterocycles. The second-order valence-electron chi connectivity index (χ2n) is 5.86. The van der Waals surface area contributed by atoms with Crippen LogP contribution < -0.4 is 0 Å². The summed E-state index contributed by atoms with van der Waals surface area (Å²) in [5.74, 6) is -0.473. The number of fused-ring (bicyclic) bond motifs is 1. The molecule has 0 aliphatic carbocycles. The van der Waals surface area contributed by atoms with Crippen LogP contribution in [-0.2, 0) is 11.3 Å². The number of aliphatic carboxylic acids is 1. The van der Waals surface area contributed by atoms with Crippen LogP contribution in [0.3, 0.4) is 0 Å². The molecule has 0 unspecified atom stereocenters. The lowest BCUT2D eigenvalue weighted by Gasteiger charge is -2.10. The maximum atomic E-state index is 11.1. The van der Waals surface area contributed by atoms with E-state index >= 15 is 0 Å². The Kier molecular flexibility index (Phi) is 4.43. The fraction of sp³-hybridized carbons (Fsp3) is 0.353. The van der Waals surface area contributed by atoms with Crippen LogP contribution in [-0.4, -0.2) is 15.6 Å². The molecule has 0 radical (unpaired) electrons. The van der Waals surface area contributed by atoms with Crippen LogP contribution in [0.2, 0.25) is 5.15 Å². The first-order valence-corrected chi connectivity index (χ1v) is 7.39. The zero-order valence-corrected chi connectivity index (χ0v) is 13.5. The van der Waals surface area contributed by atoms with Gasteiger partial charge < -0.3 is 9.67 Å². The molecule has 0 saturated carbocycles. The van der Waals surface area contributed by atoms with Crippen LogP contribution in [0.1, 0.15) is 31.9 Å². The third kappa shape index (κ3) is 3.13. The number of carboxylic acids is 1. The van der Waals surface area contributed by atoms with Gasteiger partial charge in [0.05, 0.1) is 5.52 Å². The Bertz CT molecular complexity index is 726.